The van der Waals surface area contributed by atoms with Crippen LogP contribution in [0.2, 0.25) is 5.02 Å². The second kappa shape index (κ2) is 5.56. The van der Waals surface area contributed by atoms with Crippen molar-refractivity contribution in [1.82, 2.24) is 16.2 Å². The van der Waals surface area contributed by atoms with Crippen molar-refractivity contribution in [3.8, 4) is 0 Å². The molecule has 1 aromatic rings. The van der Waals surface area contributed by atoms with E-state index in [1.165, 1.54) is 0 Å². The number of nitrogens with one attached hydrogen (secondary N) is 4. The molecule has 98 valence electrons. The number of hydrazine groups is 1. The summed E-state index contributed by atoms with van der Waals surface area (Å²) < 4.78 is 0. The van der Waals surface area contributed by atoms with Crippen molar-refractivity contribution in [3.05, 3.63) is 28.8 Å². The van der Waals surface area contributed by atoms with E-state index in [-0.39, 0.29) is 12.2 Å². The van der Waals surface area contributed by atoms with Crippen LogP contribution in [0, 0.1) is 6.92 Å². The predicted molar refractivity (Wildman–Crippen MR) is 72.5 cm³/mol. The minimum Gasteiger partial charge on any atom is -0.321 e. The van der Waals surface area contributed by atoms with Gasteiger partial charge in [0.25, 0.3) is 0 Å². The Morgan fingerprint density at radius 1 is 1.44 bits per heavy atom. The van der Waals surface area contributed by atoms with E-state index in [4.69, 9.17) is 11.6 Å². The van der Waals surface area contributed by atoms with Crippen LogP contribution in [0.3, 0.4) is 0 Å². The fourth-order valence-corrected chi connectivity index (χ4v) is 1.99. The molecule has 1 heterocycles. The molecule has 6 heteroatoms. The summed E-state index contributed by atoms with van der Waals surface area (Å²) in [6, 6.07) is 5.53. The molecule has 0 radical (unpaired) electrons. The molecule has 0 bridgehead atoms. The monoisotopic (exact) mass is 268 g/mol. The van der Waals surface area contributed by atoms with Gasteiger partial charge in [0.2, 0.25) is 0 Å². The summed E-state index contributed by atoms with van der Waals surface area (Å²) in [4.78, 5) is 11.7. The van der Waals surface area contributed by atoms with Crippen molar-refractivity contribution in [2.75, 3.05) is 5.32 Å². The third-order valence-corrected chi connectivity index (χ3v) is 3.24. The zero-order valence-electron chi connectivity index (χ0n) is 10.4. The van der Waals surface area contributed by atoms with Crippen LogP contribution in [0.4, 0.5) is 10.5 Å². The van der Waals surface area contributed by atoms with E-state index in [1.54, 1.807) is 6.07 Å². The zero-order valence-corrected chi connectivity index (χ0v) is 11.1. The molecule has 2 rings (SSSR count). The van der Waals surface area contributed by atoms with Gasteiger partial charge in [-0.05, 0) is 38.0 Å². The highest BCUT2D eigenvalue weighted by Crippen LogP contribution is 2.19. The molecule has 1 saturated heterocycles. The first-order valence-electron chi connectivity index (χ1n) is 5.89. The summed E-state index contributed by atoms with van der Waals surface area (Å²) in [7, 11) is 0. The first kappa shape index (κ1) is 13.1. The molecule has 2 atom stereocenters. The van der Waals surface area contributed by atoms with Gasteiger partial charge >= 0.3 is 6.03 Å². The normalized spacial score (nSPS) is 22.8. The predicted octanol–water partition coefficient (Wildman–Crippen LogP) is 1.98. The molecule has 1 aromatic carbocycles. The molecule has 0 aliphatic carbocycles. The van der Waals surface area contributed by atoms with Gasteiger partial charge in [0.1, 0.15) is 0 Å². The van der Waals surface area contributed by atoms with E-state index >= 15 is 0 Å². The number of anilines is 1. The van der Waals surface area contributed by atoms with Crippen LogP contribution >= 0.6 is 11.6 Å². The van der Waals surface area contributed by atoms with Gasteiger partial charge in [-0.15, -0.1) is 0 Å². The fourth-order valence-electron chi connectivity index (χ4n) is 1.81. The van der Waals surface area contributed by atoms with Crippen LogP contribution in [0.5, 0.6) is 0 Å². The average Bonchev–Trinajstić information content (AvgIpc) is 2.69. The molecule has 1 fully saturated rings. The summed E-state index contributed by atoms with van der Waals surface area (Å²) in [5.74, 6) is 0. The van der Waals surface area contributed by atoms with Gasteiger partial charge in [-0.2, -0.15) is 0 Å². The quantitative estimate of drug-likeness (QED) is 0.663. The standard InChI is InChI=1S/C12H17ClN4O/c1-7-3-4-9(6-10(7)13)14-12(18)15-11-5-8(2)16-17-11/h3-4,6,8,11,16-17H,5H2,1-2H3,(H2,14,15,18). The molecule has 0 aromatic heterocycles. The van der Waals surface area contributed by atoms with E-state index in [1.807, 2.05) is 26.0 Å². The van der Waals surface area contributed by atoms with Gasteiger partial charge in [-0.25, -0.2) is 10.2 Å². The Balaban J connectivity index is 1.89. The summed E-state index contributed by atoms with van der Waals surface area (Å²) >= 11 is 5.99. The number of carbonyl (C=O) groups excluding carboxylic acids is 1. The second-order valence-electron chi connectivity index (χ2n) is 4.54. The molecular weight excluding hydrogens is 252 g/mol. The molecule has 1 aliphatic rings. The Labute approximate surface area is 111 Å². The molecule has 2 unspecified atom stereocenters. The summed E-state index contributed by atoms with van der Waals surface area (Å²) in [5, 5.41) is 6.22. The SMILES string of the molecule is Cc1ccc(NC(=O)NC2CC(C)NN2)cc1Cl. The van der Waals surface area contributed by atoms with E-state index in [2.05, 4.69) is 21.5 Å². The topological polar surface area (TPSA) is 65.2 Å². The highest BCUT2D eigenvalue weighted by molar-refractivity contribution is 6.31. The first-order valence-corrected chi connectivity index (χ1v) is 6.27. The maximum absolute atomic E-state index is 11.7. The van der Waals surface area contributed by atoms with Crippen LogP contribution in [0.15, 0.2) is 18.2 Å². The number of aryl methyl sites for hydroxylation is 1. The Morgan fingerprint density at radius 3 is 2.83 bits per heavy atom. The van der Waals surface area contributed by atoms with Crippen molar-refractivity contribution in [2.24, 2.45) is 0 Å². The highest BCUT2D eigenvalue weighted by atomic mass is 35.5. The second-order valence-corrected chi connectivity index (χ2v) is 4.95. The molecule has 1 aliphatic heterocycles. The van der Waals surface area contributed by atoms with E-state index < -0.39 is 0 Å². The summed E-state index contributed by atoms with van der Waals surface area (Å²) in [6.07, 6.45) is 0.795. The largest absolute Gasteiger partial charge is 0.321 e. The third-order valence-electron chi connectivity index (χ3n) is 2.83. The average molecular weight is 269 g/mol. The summed E-state index contributed by atoms with van der Waals surface area (Å²) in [5.41, 5.74) is 7.70. The third kappa shape index (κ3) is 3.35. The lowest BCUT2D eigenvalue weighted by Gasteiger charge is -2.13. The number of rotatable bonds is 2. The Bertz CT molecular complexity index is 452. The van der Waals surface area contributed by atoms with Crippen molar-refractivity contribution in [2.45, 2.75) is 32.5 Å². The zero-order chi connectivity index (χ0) is 13.1. The van der Waals surface area contributed by atoms with E-state index in [0.717, 1.165) is 12.0 Å². The van der Waals surface area contributed by atoms with Gasteiger partial charge in [-0.3, -0.25) is 5.43 Å². The van der Waals surface area contributed by atoms with E-state index in [0.29, 0.717) is 16.8 Å². The molecule has 5 nitrogen and oxygen atoms in total. The molecular formula is C12H17ClN4O. The van der Waals surface area contributed by atoms with Crippen molar-refractivity contribution >= 4 is 23.3 Å². The molecule has 4 N–H and O–H groups in total. The van der Waals surface area contributed by atoms with Gasteiger partial charge in [0.05, 0.1) is 6.17 Å². The number of urea groups is 1. The number of hydrogen-bond acceptors (Lipinski definition) is 3. The Morgan fingerprint density at radius 2 is 2.22 bits per heavy atom. The number of benzene rings is 1. The Hall–Kier alpha value is -1.30. The van der Waals surface area contributed by atoms with Crippen LogP contribution in [0.1, 0.15) is 18.9 Å². The summed E-state index contributed by atoms with van der Waals surface area (Å²) in [6.45, 7) is 3.97. The lowest BCUT2D eigenvalue weighted by Crippen LogP contribution is -2.45. The van der Waals surface area contributed by atoms with E-state index in [9.17, 15) is 4.79 Å². The maximum atomic E-state index is 11.7. The van der Waals surface area contributed by atoms with Crippen LogP contribution in [-0.2, 0) is 0 Å². The van der Waals surface area contributed by atoms with Crippen LogP contribution in [-0.4, -0.2) is 18.2 Å². The van der Waals surface area contributed by atoms with Crippen molar-refractivity contribution in [3.63, 3.8) is 0 Å². The lowest BCUT2D eigenvalue weighted by molar-refractivity contribution is 0.247. The van der Waals surface area contributed by atoms with Crippen molar-refractivity contribution in [1.29, 1.82) is 0 Å². The van der Waals surface area contributed by atoms with Gasteiger partial charge in [0.15, 0.2) is 0 Å². The Kier molecular flexibility index (Phi) is 4.06. The lowest BCUT2D eigenvalue weighted by atomic mass is 10.2. The minimum atomic E-state index is -0.247. The van der Waals surface area contributed by atoms with Crippen LogP contribution in [0.25, 0.3) is 0 Å². The number of hydrogen-bond donors (Lipinski definition) is 4. The molecule has 2 amide bonds. The van der Waals surface area contributed by atoms with Gasteiger partial charge in [0, 0.05) is 16.8 Å². The van der Waals surface area contributed by atoms with Gasteiger partial charge < -0.3 is 10.6 Å². The highest BCUT2D eigenvalue weighted by Gasteiger charge is 2.21. The number of amides is 2. The maximum Gasteiger partial charge on any atom is 0.320 e. The fraction of sp³-hybridized carbons (Fsp3) is 0.417. The smallest absolute Gasteiger partial charge is 0.320 e. The minimum absolute atomic E-state index is 0.0547. The number of halogens is 1. The molecule has 0 spiro atoms. The molecule has 0 saturated carbocycles. The first-order chi connectivity index (χ1) is 8.54. The van der Waals surface area contributed by atoms with Gasteiger partial charge in [-0.1, -0.05) is 17.7 Å². The number of carbonyl (C=O) groups is 1. The molecule has 18 heavy (non-hydrogen) atoms. The van der Waals surface area contributed by atoms with Crippen LogP contribution < -0.4 is 21.5 Å². The van der Waals surface area contributed by atoms with Crippen molar-refractivity contribution < 1.29 is 4.79 Å².